The molecule has 1 unspecified atom stereocenters. The molecule has 1 aromatic rings. The van der Waals surface area contributed by atoms with Gasteiger partial charge in [-0.05, 0) is 66.9 Å². The van der Waals surface area contributed by atoms with Gasteiger partial charge in [0.2, 0.25) is 0 Å². The van der Waals surface area contributed by atoms with Crippen molar-refractivity contribution in [3.63, 3.8) is 0 Å². The lowest BCUT2D eigenvalue weighted by Crippen LogP contribution is -2.19. The van der Waals surface area contributed by atoms with Gasteiger partial charge in [0.25, 0.3) is 0 Å². The van der Waals surface area contributed by atoms with Crippen LogP contribution in [0, 0.1) is 18.7 Å². The van der Waals surface area contributed by atoms with Crippen molar-refractivity contribution in [2.24, 2.45) is 11.7 Å². The van der Waals surface area contributed by atoms with Crippen LogP contribution in [0.3, 0.4) is 0 Å². The van der Waals surface area contributed by atoms with Gasteiger partial charge in [-0.2, -0.15) is 11.8 Å². The second-order valence-corrected chi connectivity index (χ2v) is 6.12. The summed E-state index contributed by atoms with van der Waals surface area (Å²) in [5.74, 6) is 3.04. The SMILES string of the molecule is Cc1ccc(F)cc1C(N)CC1CCSCC1. The maximum absolute atomic E-state index is 13.2. The van der Waals surface area contributed by atoms with Crippen LogP contribution in [0.4, 0.5) is 4.39 Å². The largest absolute Gasteiger partial charge is 0.324 e. The van der Waals surface area contributed by atoms with Crippen molar-refractivity contribution in [3.8, 4) is 0 Å². The Morgan fingerprint density at radius 2 is 2.12 bits per heavy atom. The fraction of sp³-hybridized carbons (Fsp3) is 0.571. The summed E-state index contributed by atoms with van der Waals surface area (Å²) in [6.45, 7) is 2.01. The Labute approximate surface area is 107 Å². The van der Waals surface area contributed by atoms with E-state index in [1.165, 1.54) is 30.4 Å². The van der Waals surface area contributed by atoms with E-state index in [1.807, 2.05) is 24.8 Å². The summed E-state index contributed by atoms with van der Waals surface area (Å²) in [7, 11) is 0. The topological polar surface area (TPSA) is 26.0 Å². The predicted octanol–water partition coefficient (Wildman–Crippen LogP) is 3.67. The molecule has 1 heterocycles. The molecule has 3 heteroatoms. The fourth-order valence-electron chi connectivity index (χ4n) is 2.48. The van der Waals surface area contributed by atoms with E-state index in [0.29, 0.717) is 5.92 Å². The first-order valence-electron chi connectivity index (χ1n) is 6.26. The zero-order valence-corrected chi connectivity index (χ0v) is 11.1. The normalized spacial score (nSPS) is 19.2. The van der Waals surface area contributed by atoms with Crippen molar-refractivity contribution in [3.05, 3.63) is 35.1 Å². The van der Waals surface area contributed by atoms with Gasteiger partial charge in [-0.1, -0.05) is 6.07 Å². The van der Waals surface area contributed by atoms with Crippen molar-refractivity contribution < 1.29 is 4.39 Å². The van der Waals surface area contributed by atoms with Gasteiger partial charge in [-0.25, -0.2) is 4.39 Å². The Hall–Kier alpha value is -0.540. The van der Waals surface area contributed by atoms with E-state index in [9.17, 15) is 4.39 Å². The highest BCUT2D eigenvalue weighted by molar-refractivity contribution is 7.99. The highest BCUT2D eigenvalue weighted by atomic mass is 32.2. The molecule has 1 aliphatic heterocycles. The van der Waals surface area contributed by atoms with Crippen LogP contribution in [0.5, 0.6) is 0 Å². The van der Waals surface area contributed by atoms with Crippen LogP contribution >= 0.6 is 11.8 Å². The van der Waals surface area contributed by atoms with Gasteiger partial charge in [-0.3, -0.25) is 0 Å². The van der Waals surface area contributed by atoms with Crippen molar-refractivity contribution in [1.82, 2.24) is 0 Å². The van der Waals surface area contributed by atoms with Crippen molar-refractivity contribution >= 4 is 11.8 Å². The first-order chi connectivity index (χ1) is 8.16. The lowest BCUT2D eigenvalue weighted by molar-refractivity contribution is 0.411. The van der Waals surface area contributed by atoms with Gasteiger partial charge in [0.1, 0.15) is 5.82 Å². The van der Waals surface area contributed by atoms with Crippen LogP contribution in [0.15, 0.2) is 18.2 Å². The summed E-state index contributed by atoms with van der Waals surface area (Å²) in [5, 5.41) is 0. The van der Waals surface area contributed by atoms with E-state index >= 15 is 0 Å². The minimum absolute atomic E-state index is 0.0150. The van der Waals surface area contributed by atoms with Gasteiger partial charge < -0.3 is 5.73 Å². The Morgan fingerprint density at radius 3 is 2.82 bits per heavy atom. The highest BCUT2D eigenvalue weighted by Gasteiger charge is 2.19. The Balaban J connectivity index is 2.02. The lowest BCUT2D eigenvalue weighted by Gasteiger charge is -2.25. The first-order valence-corrected chi connectivity index (χ1v) is 7.41. The summed E-state index contributed by atoms with van der Waals surface area (Å²) in [4.78, 5) is 0. The van der Waals surface area contributed by atoms with E-state index < -0.39 is 0 Å². The summed E-state index contributed by atoms with van der Waals surface area (Å²) in [6.07, 6.45) is 3.50. The second kappa shape index (κ2) is 5.87. The Kier molecular flexibility index (Phi) is 4.46. The van der Waals surface area contributed by atoms with Crippen LogP contribution in [0.25, 0.3) is 0 Å². The van der Waals surface area contributed by atoms with Crippen molar-refractivity contribution in [2.75, 3.05) is 11.5 Å². The maximum atomic E-state index is 13.2. The van der Waals surface area contributed by atoms with Crippen LogP contribution in [0.2, 0.25) is 0 Å². The number of benzene rings is 1. The fourth-order valence-corrected chi connectivity index (χ4v) is 3.68. The molecule has 1 fully saturated rings. The Bertz CT molecular complexity index is 374. The minimum atomic E-state index is -0.180. The number of thioether (sulfide) groups is 1. The third-order valence-electron chi connectivity index (χ3n) is 3.57. The molecule has 0 aromatic heterocycles. The van der Waals surface area contributed by atoms with Crippen LogP contribution in [-0.2, 0) is 0 Å². The first kappa shape index (κ1) is 12.9. The molecular formula is C14H20FNS. The van der Waals surface area contributed by atoms with E-state index in [4.69, 9.17) is 5.73 Å². The summed E-state index contributed by atoms with van der Waals surface area (Å²) >= 11 is 2.03. The quantitative estimate of drug-likeness (QED) is 0.889. The lowest BCUT2D eigenvalue weighted by atomic mass is 9.89. The number of rotatable bonds is 3. The molecule has 94 valence electrons. The second-order valence-electron chi connectivity index (χ2n) is 4.90. The van der Waals surface area contributed by atoms with Crippen molar-refractivity contribution in [2.45, 2.75) is 32.2 Å². The summed E-state index contributed by atoms with van der Waals surface area (Å²) in [6, 6.07) is 4.90. The average Bonchev–Trinajstić information content (AvgIpc) is 2.33. The minimum Gasteiger partial charge on any atom is -0.324 e. The van der Waals surface area contributed by atoms with E-state index in [1.54, 1.807) is 6.07 Å². The molecule has 2 N–H and O–H groups in total. The molecule has 0 amide bonds. The molecule has 1 nitrogen and oxygen atoms in total. The van der Waals surface area contributed by atoms with E-state index in [0.717, 1.165) is 17.5 Å². The molecule has 1 saturated heterocycles. The van der Waals surface area contributed by atoms with E-state index in [-0.39, 0.29) is 11.9 Å². The number of hydrogen-bond donors (Lipinski definition) is 1. The van der Waals surface area contributed by atoms with Crippen molar-refractivity contribution in [1.29, 1.82) is 0 Å². The molecule has 17 heavy (non-hydrogen) atoms. The molecule has 2 rings (SSSR count). The summed E-state index contributed by atoms with van der Waals surface area (Å²) < 4.78 is 13.2. The van der Waals surface area contributed by atoms with Gasteiger partial charge in [0, 0.05) is 6.04 Å². The third kappa shape index (κ3) is 3.46. The molecule has 0 spiro atoms. The van der Waals surface area contributed by atoms with Gasteiger partial charge in [0.15, 0.2) is 0 Å². The molecule has 0 saturated carbocycles. The molecule has 1 aliphatic rings. The van der Waals surface area contributed by atoms with Gasteiger partial charge >= 0.3 is 0 Å². The Morgan fingerprint density at radius 1 is 1.41 bits per heavy atom. The summed E-state index contributed by atoms with van der Waals surface area (Å²) in [5.41, 5.74) is 8.30. The molecule has 1 atom stereocenters. The van der Waals surface area contributed by atoms with Crippen LogP contribution in [-0.4, -0.2) is 11.5 Å². The van der Waals surface area contributed by atoms with Gasteiger partial charge in [-0.15, -0.1) is 0 Å². The monoisotopic (exact) mass is 253 g/mol. The predicted molar refractivity (Wildman–Crippen MR) is 72.7 cm³/mol. The molecule has 0 aliphatic carbocycles. The standard InChI is InChI=1S/C14H20FNS/c1-10-2-3-12(15)9-13(10)14(16)8-11-4-6-17-7-5-11/h2-3,9,11,14H,4-8,16H2,1H3. The van der Waals surface area contributed by atoms with Gasteiger partial charge in [0.05, 0.1) is 0 Å². The highest BCUT2D eigenvalue weighted by Crippen LogP contribution is 2.31. The number of nitrogens with two attached hydrogens (primary N) is 1. The molecule has 0 radical (unpaired) electrons. The zero-order chi connectivity index (χ0) is 12.3. The molecular weight excluding hydrogens is 233 g/mol. The number of aryl methyl sites for hydroxylation is 1. The third-order valence-corrected chi connectivity index (χ3v) is 4.62. The molecule has 0 bridgehead atoms. The van der Waals surface area contributed by atoms with Crippen LogP contribution in [0.1, 0.15) is 36.4 Å². The average molecular weight is 253 g/mol. The number of halogens is 1. The van der Waals surface area contributed by atoms with Crippen LogP contribution < -0.4 is 5.73 Å². The zero-order valence-electron chi connectivity index (χ0n) is 10.3. The number of hydrogen-bond acceptors (Lipinski definition) is 2. The maximum Gasteiger partial charge on any atom is 0.123 e. The van der Waals surface area contributed by atoms with E-state index in [2.05, 4.69) is 0 Å². The molecule has 1 aromatic carbocycles. The smallest absolute Gasteiger partial charge is 0.123 e.